The Kier molecular flexibility index (Phi) is 7.32. The Morgan fingerprint density at radius 3 is 2.63 bits per heavy atom. The van der Waals surface area contributed by atoms with E-state index in [1.807, 2.05) is 13.8 Å². The Morgan fingerprint density at radius 1 is 1.23 bits per heavy atom. The predicted octanol–water partition coefficient (Wildman–Crippen LogP) is 6.15. The zero-order valence-corrected chi connectivity index (χ0v) is 19.7. The molecule has 0 bridgehead atoms. The highest BCUT2D eigenvalue weighted by molar-refractivity contribution is 7.17. The van der Waals surface area contributed by atoms with Gasteiger partial charge < -0.3 is 14.8 Å². The lowest BCUT2D eigenvalue weighted by atomic mass is 9.88. The monoisotopic (exact) mass is 469 g/mol. The van der Waals surface area contributed by atoms with Crippen LogP contribution >= 0.6 is 34.5 Å². The second-order valence-corrected chi connectivity index (χ2v) is 9.78. The highest BCUT2D eigenvalue weighted by Gasteiger charge is 2.30. The van der Waals surface area contributed by atoms with E-state index in [2.05, 4.69) is 12.2 Å². The summed E-state index contributed by atoms with van der Waals surface area (Å²) in [6.07, 6.45) is 1.64. The van der Waals surface area contributed by atoms with Crippen LogP contribution in [0.1, 0.15) is 54.9 Å². The van der Waals surface area contributed by atoms with Gasteiger partial charge in [-0.2, -0.15) is 0 Å². The lowest BCUT2D eigenvalue weighted by molar-refractivity contribution is -0.122. The van der Waals surface area contributed by atoms with Crippen LogP contribution in [0, 0.1) is 5.92 Å². The first-order chi connectivity index (χ1) is 14.2. The van der Waals surface area contributed by atoms with Gasteiger partial charge in [-0.05, 0) is 69.7 Å². The first-order valence-corrected chi connectivity index (χ1v) is 11.5. The fourth-order valence-corrected chi connectivity index (χ4v) is 5.21. The minimum absolute atomic E-state index is 0.242. The molecule has 1 aromatic heterocycles. The van der Waals surface area contributed by atoms with E-state index in [4.69, 9.17) is 32.7 Å². The van der Waals surface area contributed by atoms with E-state index in [0.29, 0.717) is 32.3 Å². The molecule has 162 valence electrons. The highest BCUT2D eigenvalue weighted by Crippen LogP contribution is 2.40. The number of carbonyl (C=O) groups is 2. The van der Waals surface area contributed by atoms with Crippen LogP contribution in [0.25, 0.3) is 0 Å². The second kappa shape index (κ2) is 9.58. The van der Waals surface area contributed by atoms with E-state index >= 15 is 0 Å². The van der Waals surface area contributed by atoms with E-state index in [9.17, 15) is 9.59 Å². The van der Waals surface area contributed by atoms with E-state index in [-0.39, 0.29) is 12.0 Å². The van der Waals surface area contributed by atoms with Crippen molar-refractivity contribution >= 4 is 51.4 Å². The topological polar surface area (TPSA) is 64.6 Å². The standard InChI is InChI=1S/C22H25Cl2NO4S/c1-11(2)28-22(27)19-15-7-5-12(3)9-18(15)30-21(19)25-20(26)13(4)29-17-8-6-14(23)10-16(17)24/h6,8,10-13H,5,7,9H2,1-4H3,(H,25,26). The minimum Gasteiger partial charge on any atom is -0.479 e. The number of fused-ring (bicyclic) bond motifs is 1. The van der Waals surface area contributed by atoms with Crippen LogP contribution in [-0.2, 0) is 22.4 Å². The third kappa shape index (κ3) is 5.29. The van der Waals surface area contributed by atoms with Crippen LogP contribution in [0.4, 0.5) is 5.00 Å². The van der Waals surface area contributed by atoms with E-state index in [0.717, 1.165) is 29.7 Å². The summed E-state index contributed by atoms with van der Waals surface area (Å²) in [6.45, 7) is 7.44. The number of hydrogen-bond donors (Lipinski definition) is 1. The van der Waals surface area contributed by atoms with Gasteiger partial charge >= 0.3 is 5.97 Å². The maximum absolute atomic E-state index is 12.8. The lowest BCUT2D eigenvalue weighted by Crippen LogP contribution is -2.30. The van der Waals surface area contributed by atoms with Crippen LogP contribution in [0.2, 0.25) is 10.0 Å². The van der Waals surface area contributed by atoms with Crippen molar-refractivity contribution in [3.63, 3.8) is 0 Å². The smallest absolute Gasteiger partial charge is 0.341 e. The molecule has 0 aliphatic heterocycles. The van der Waals surface area contributed by atoms with Gasteiger partial charge in [0, 0.05) is 9.90 Å². The van der Waals surface area contributed by atoms with Crippen molar-refractivity contribution in [3.8, 4) is 5.75 Å². The summed E-state index contributed by atoms with van der Waals surface area (Å²) >= 11 is 13.5. The van der Waals surface area contributed by atoms with Crippen molar-refractivity contribution in [1.82, 2.24) is 0 Å². The average Bonchev–Trinajstić information content (AvgIpc) is 3.00. The van der Waals surface area contributed by atoms with Crippen molar-refractivity contribution in [3.05, 3.63) is 44.2 Å². The largest absolute Gasteiger partial charge is 0.479 e. The number of esters is 1. The molecule has 1 heterocycles. The van der Waals surface area contributed by atoms with E-state index in [1.54, 1.807) is 25.1 Å². The van der Waals surface area contributed by atoms with Crippen LogP contribution in [0.3, 0.4) is 0 Å². The number of anilines is 1. The molecule has 3 rings (SSSR count). The summed E-state index contributed by atoms with van der Waals surface area (Å²) in [5, 5.41) is 4.19. The summed E-state index contributed by atoms with van der Waals surface area (Å²) in [6, 6.07) is 4.81. The van der Waals surface area contributed by atoms with Crippen LogP contribution in [0.5, 0.6) is 5.75 Å². The first kappa shape index (κ1) is 22.9. The molecule has 8 heteroatoms. The van der Waals surface area contributed by atoms with Crippen LogP contribution in [0.15, 0.2) is 18.2 Å². The molecule has 2 unspecified atom stereocenters. The molecule has 0 fully saturated rings. The van der Waals surface area contributed by atoms with Crippen molar-refractivity contribution in [2.24, 2.45) is 5.92 Å². The van der Waals surface area contributed by atoms with Gasteiger partial charge in [0.2, 0.25) is 0 Å². The Balaban J connectivity index is 1.82. The first-order valence-electron chi connectivity index (χ1n) is 9.93. The zero-order chi connectivity index (χ0) is 22.0. The molecule has 1 N–H and O–H groups in total. The molecule has 1 aliphatic rings. The fraction of sp³-hybridized carbons (Fsp3) is 0.455. The summed E-state index contributed by atoms with van der Waals surface area (Å²) in [5.41, 5.74) is 1.47. The van der Waals surface area contributed by atoms with Crippen molar-refractivity contribution in [2.45, 2.75) is 59.2 Å². The third-order valence-electron chi connectivity index (χ3n) is 4.86. The molecule has 2 atom stereocenters. The zero-order valence-electron chi connectivity index (χ0n) is 17.4. The molecule has 0 spiro atoms. The van der Waals surface area contributed by atoms with Crippen LogP contribution < -0.4 is 10.1 Å². The number of ether oxygens (including phenoxy) is 2. The van der Waals surface area contributed by atoms with Gasteiger partial charge in [-0.1, -0.05) is 30.1 Å². The van der Waals surface area contributed by atoms with E-state index < -0.39 is 12.1 Å². The number of halogens is 2. The Labute approximate surface area is 190 Å². The van der Waals surface area contributed by atoms with E-state index in [1.165, 1.54) is 11.3 Å². The SMILES string of the molecule is CC1CCc2c(sc(NC(=O)C(C)Oc3ccc(Cl)cc3Cl)c2C(=O)OC(C)C)C1. The number of thiophene rings is 1. The number of amides is 1. The second-order valence-electron chi connectivity index (χ2n) is 7.83. The molecule has 1 aliphatic carbocycles. The van der Waals surface area contributed by atoms with Gasteiger partial charge in [-0.25, -0.2) is 4.79 Å². The molecule has 30 heavy (non-hydrogen) atoms. The Hall–Kier alpha value is -1.76. The minimum atomic E-state index is -0.823. The molecule has 5 nitrogen and oxygen atoms in total. The highest BCUT2D eigenvalue weighted by atomic mass is 35.5. The fourth-order valence-electron chi connectivity index (χ4n) is 3.36. The maximum atomic E-state index is 12.8. The quantitative estimate of drug-likeness (QED) is 0.515. The van der Waals surface area contributed by atoms with Gasteiger partial charge in [-0.3, -0.25) is 4.79 Å². The summed E-state index contributed by atoms with van der Waals surface area (Å²) in [7, 11) is 0. The summed E-state index contributed by atoms with van der Waals surface area (Å²) < 4.78 is 11.2. The number of nitrogens with one attached hydrogen (secondary N) is 1. The number of carbonyl (C=O) groups excluding carboxylic acids is 2. The molecule has 0 saturated carbocycles. The third-order valence-corrected chi connectivity index (χ3v) is 6.56. The Bertz CT molecular complexity index is 957. The van der Waals surface area contributed by atoms with Gasteiger partial charge in [0.1, 0.15) is 10.8 Å². The molecular formula is C22H25Cl2NO4S. The maximum Gasteiger partial charge on any atom is 0.341 e. The van der Waals surface area contributed by atoms with Crippen LogP contribution in [-0.4, -0.2) is 24.1 Å². The molecule has 0 saturated heterocycles. The predicted molar refractivity (Wildman–Crippen MR) is 121 cm³/mol. The van der Waals surface area contributed by atoms with Gasteiger partial charge in [-0.15, -0.1) is 11.3 Å². The van der Waals surface area contributed by atoms with Gasteiger partial charge in [0.25, 0.3) is 5.91 Å². The van der Waals surface area contributed by atoms with Crippen molar-refractivity contribution < 1.29 is 19.1 Å². The molecule has 1 aromatic carbocycles. The summed E-state index contributed by atoms with van der Waals surface area (Å²) in [5.74, 6) is 0.137. The molecular weight excluding hydrogens is 445 g/mol. The van der Waals surface area contributed by atoms with Crippen molar-refractivity contribution in [2.75, 3.05) is 5.32 Å². The molecule has 2 aromatic rings. The van der Waals surface area contributed by atoms with Crippen molar-refractivity contribution in [1.29, 1.82) is 0 Å². The molecule has 0 radical (unpaired) electrons. The summed E-state index contributed by atoms with van der Waals surface area (Å²) in [4.78, 5) is 26.7. The number of rotatable bonds is 6. The Morgan fingerprint density at radius 2 is 1.97 bits per heavy atom. The number of benzene rings is 1. The lowest BCUT2D eigenvalue weighted by Gasteiger charge is -2.19. The normalized spacial score (nSPS) is 16.7. The average molecular weight is 470 g/mol. The van der Waals surface area contributed by atoms with Gasteiger partial charge in [0.15, 0.2) is 6.10 Å². The number of hydrogen-bond acceptors (Lipinski definition) is 5. The molecule has 1 amide bonds. The van der Waals surface area contributed by atoms with Gasteiger partial charge in [0.05, 0.1) is 16.7 Å².